The lowest BCUT2D eigenvalue weighted by Crippen LogP contribution is -2.55. The van der Waals surface area contributed by atoms with Crippen molar-refractivity contribution in [1.82, 2.24) is 20.0 Å². The van der Waals surface area contributed by atoms with Gasteiger partial charge in [0, 0.05) is 39.9 Å². The summed E-state index contributed by atoms with van der Waals surface area (Å²) in [6.45, 7) is 2.45. The average Bonchev–Trinajstić information content (AvgIpc) is 3.14. The van der Waals surface area contributed by atoms with Crippen molar-refractivity contribution in [2.24, 2.45) is 12.0 Å². The number of rotatable bonds is 6. The largest absolute Gasteiger partial charge is 0.497 e. The first-order chi connectivity index (χ1) is 13.6. The molecule has 0 bridgehead atoms. The van der Waals surface area contributed by atoms with Gasteiger partial charge >= 0.3 is 0 Å². The van der Waals surface area contributed by atoms with E-state index in [1.807, 2.05) is 30.3 Å². The lowest BCUT2D eigenvalue weighted by atomic mass is 10.1. The highest BCUT2D eigenvalue weighted by Crippen LogP contribution is 2.16. The molecule has 0 unspecified atom stereocenters. The molecule has 2 heterocycles. The van der Waals surface area contributed by atoms with Crippen LogP contribution >= 0.6 is 24.0 Å². The summed E-state index contributed by atoms with van der Waals surface area (Å²) in [5.74, 6) is 1.70. The molecule has 1 amide bonds. The number of benzene rings is 1. The van der Waals surface area contributed by atoms with Crippen molar-refractivity contribution in [2.45, 2.75) is 12.8 Å². The first kappa shape index (κ1) is 23.0. The van der Waals surface area contributed by atoms with Crippen LogP contribution in [0.1, 0.15) is 12.0 Å². The first-order valence-electron chi connectivity index (χ1n) is 9.48. The van der Waals surface area contributed by atoms with E-state index in [1.165, 1.54) is 5.56 Å². The van der Waals surface area contributed by atoms with Gasteiger partial charge in [-0.1, -0.05) is 12.1 Å². The summed E-state index contributed by atoms with van der Waals surface area (Å²) in [5.41, 5.74) is 2.09. The highest BCUT2D eigenvalue weighted by atomic mass is 127. The Kier molecular flexibility index (Phi) is 8.74. The first-order valence-corrected chi connectivity index (χ1v) is 9.48. The molecule has 158 valence electrons. The highest BCUT2D eigenvalue weighted by Gasteiger charge is 2.27. The number of hydrogen-bond donors (Lipinski definition) is 1. The van der Waals surface area contributed by atoms with E-state index in [-0.39, 0.29) is 29.9 Å². The van der Waals surface area contributed by atoms with Crippen LogP contribution in [0.3, 0.4) is 0 Å². The molecule has 1 aromatic heterocycles. The number of aromatic nitrogens is 2. The SMILES string of the molecule is CN=C(NCCCc1cccc(OC)c1)N1CCN(c2cnn(C)c2)C(=O)C1.I. The molecule has 29 heavy (non-hydrogen) atoms. The van der Waals surface area contributed by atoms with Crippen molar-refractivity contribution < 1.29 is 9.53 Å². The molecule has 1 aliphatic rings. The van der Waals surface area contributed by atoms with Crippen LogP contribution in [0.4, 0.5) is 5.69 Å². The maximum absolute atomic E-state index is 12.6. The Labute approximate surface area is 188 Å². The predicted octanol–water partition coefficient (Wildman–Crippen LogP) is 1.90. The molecule has 0 spiro atoms. The fourth-order valence-electron chi connectivity index (χ4n) is 3.33. The number of piperazine rings is 1. The number of halogens is 1. The third-order valence-corrected chi connectivity index (χ3v) is 4.79. The van der Waals surface area contributed by atoms with E-state index in [9.17, 15) is 4.79 Å². The number of guanidine groups is 1. The predicted molar refractivity (Wildman–Crippen MR) is 125 cm³/mol. The minimum Gasteiger partial charge on any atom is -0.497 e. The average molecular weight is 512 g/mol. The molecule has 1 aromatic carbocycles. The van der Waals surface area contributed by atoms with Gasteiger partial charge in [-0.15, -0.1) is 24.0 Å². The molecule has 0 atom stereocenters. The lowest BCUT2D eigenvalue weighted by molar-refractivity contribution is -0.120. The van der Waals surface area contributed by atoms with Gasteiger partial charge in [-0.3, -0.25) is 14.5 Å². The van der Waals surface area contributed by atoms with Crippen LogP contribution in [0.15, 0.2) is 41.7 Å². The maximum atomic E-state index is 12.6. The van der Waals surface area contributed by atoms with Gasteiger partial charge in [0.15, 0.2) is 5.96 Å². The molecule has 8 nitrogen and oxygen atoms in total. The molecule has 0 aliphatic carbocycles. The van der Waals surface area contributed by atoms with Crippen LogP contribution in [0.25, 0.3) is 0 Å². The Morgan fingerprint density at radius 2 is 2.17 bits per heavy atom. The minimum absolute atomic E-state index is 0. The summed E-state index contributed by atoms with van der Waals surface area (Å²) >= 11 is 0. The van der Waals surface area contributed by atoms with Crippen LogP contribution in [0.2, 0.25) is 0 Å². The van der Waals surface area contributed by atoms with Gasteiger partial charge in [0.25, 0.3) is 0 Å². The fourth-order valence-corrected chi connectivity index (χ4v) is 3.33. The number of carbonyl (C=O) groups is 1. The van der Waals surface area contributed by atoms with Crippen molar-refractivity contribution >= 4 is 41.5 Å². The minimum atomic E-state index is 0. The Hall–Kier alpha value is -2.30. The Bertz CT molecular complexity index is 838. The Balaban J connectivity index is 0.00000300. The van der Waals surface area contributed by atoms with Crippen molar-refractivity contribution in [3.63, 3.8) is 0 Å². The summed E-state index contributed by atoms with van der Waals surface area (Å²) in [4.78, 5) is 20.7. The molecule has 1 fully saturated rings. The zero-order chi connectivity index (χ0) is 19.9. The normalized spacial score (nSPS) is 14.6. The van der Waals surface area contributed by atoms with Crippen molar-refractivity contribution in [2.75, 3.05) is 45.2 Å². The van der Waals surface area contributed by atoms with Crippen molar-refractivity contribution in [1.29, 1.82) is 0 Å². The highest BCUT2D eigenvalue weighted by molar-refractivity contribution is 14.0. The second-order valence-electron chi connectivity index (χ2n) is 6.77. The van der Waals surface area contributed by atoms with Gasteiger partial charge in [0.1, 0.15) is 12.3 Å². The molecule has 1 N–H and O–H groups in total. The van der Waals surface area contributed by atoms with E-state index >= 15 is 0 Å². The van der Waals surface area contributed by atoms with E-state index in [4.69, 9.17) is 4.74 Å². The number of carbonyl (C=O) groups excluding carboxylic acids is 1. The molecule has 3 rings (SSSR count). The topological polar surface area (TPSA) is 75.0 Å². The van der Waals surface area contributed by atoms with Crippen LogP contribution in [0.5, 0.6) is 5.75 Å². The van der Waals surface area contributed by atoms with E-state index in [0.29, 0.717) is 13.1 Å². The number of aryl methyl sites for hydroxylation is 2. The fraction of sp³-hybridized carbons (Fsp3) is 0.450. The van der Waals surface area contributed by atoms with Gasteiger partial charge in [-0.25, -0.2) is 0 Å². The number of anilines is 1. The molecule has 0 saturated carbocycles. The number of aliphatic imine (C=N–C) groups is 1. The van der Waals surface area contributed by atoms with Crippen LogP contribution in [0, 0.1) is 0 Å². The van der Waals surface area contributed by atoms with Crippen molar-refractivity contribution in [3.8, 4) is 5.75 Å². The third-order valence-electron chi connectivity index (χ3n) is 4.79. The van der Waals surface area contributed by atoms with Gasteiger partial charge in [0.2, 0.25) is 5.91 Å². The Morgan fingerprint density at radius 3 is 2.83 bits per heavy atom. The van der Waals surface area contributed by atoms with Crippen molar-refractivity contribution in [3.05, 3.63) is 42.2 Å². The number of nitrogens with zero attached hydrogens (tertiary/aromatic N) is 5. The monoisotopic (exact) mass is 512 g/mol. The number of ether oxygens (including phenoxy) is 1. The van der Waals surface area contributed by atoms with Crippen LogP contribution in [-0.2, 0) is 18.3 Å². The summed E-state index contributed by atoms with van der Waals surface area (Å²) in [6, 6.07) is 8.12. The summed E-state index contributed by atoms with van der Waals surface area (Å²) < 4.78 is 6.97. The lowest BCUT2D eigenvalue weighted by Gasteiger charge is -2.35. The van der Waals surface area contributed by atoms with E-state index in [0.717, 1.165) is 43.3 Å². The van der Waals surface area contributed by atoms with E-state index in [1.54, 1.807) is 29.9 Å². The molecular formula is C20H29IN6O2. The van der Waals surface area contributed by atoms with Gasteiger partial charge in [-0.2, -0.15) is 5.10 Å². The Morgan fingerprint density at radius 1 is 1.34 bits per heavy atom. The standard InChI is InChI=1S/C20H28N6O2.HI/c1-21-20(22-9-5-7-16-6-4-8-18(12-16)28-3)25-10-11-26(19(27)15-25)17-13-23-24(2)14-17;/h4,6,8,12-14H,5,7,9-11,15H2,1-3H3,(H,21,22);1H. The summed E-state index contributed by atoms with van der Waals surface area (Å²) in [5, 5.41) is 7.52. The second-order valence-corrected chi connectivity index (χ2v) is 6.77. The van der Waals surface area contributed by atoms with Gasteiger partial charge in [0.05, 0.1) is 19.0 Å². The second kappa shape index (κ2) is 11.0. The van der Waals surface area contributed by atoms with Crippen LogP contribution in [-0.4, -0.2) is 66.9 Å². The zero-order valence-corrected chi connectivity index (χ0v) is 19.5. The molecule has 1 aliphatic heterocycles. The van der Waals surface area contributed by atoms with E-state index < -0.39 is 0 Å². The van der Waals surface area contributed by atoms with Crippen LogP contribution < -0.4 is 15.0 Å². The quantitative estimate of drug-likeness (QED) is 0.277. The molecule has 1 saturated heterocycles. The molecule has 9 heteroatoms. The zero-order valence-electron chi connectivity index (χ0n) is 17.2. The molecule has 2 aromatic rings. The third kappa shape index (κ3) is 6.09. The summed E-state index contributed by atoms with van der Waals surface area (Å²) in [7, 11) is 5.28. The summed E-state index contributed by atoms with van der Waals surface area (Å²) in [6.07, 6.45) is 5.50. The number of amides is 1. The maximum Gasteiger partial charge on any atom is 0.246 e. The number of hydrogen-bond acceptors (Lipinski definition) is 4. The number of nitrogens with one attached hydrogen (secondary N) is 1. The number of methoxy groups -OCH3 is 1. The van der Waals surface area contributed by atoms with Gasteiger partial charge in [-0.05, 0) is 30.5 Å². The smallest absolute Gasteiger partial charge is 0.246 e. The molecule has 0 radical (unpaired) electrons. The van der Waals surface area contributed by atoms with Gasteiger partial charge < -0.3 is 19.9 Å². The van der Waals surface area contributed by atoms with E-state index in [2.05, 4.69) is 27.5 Å². The molecular weight excluding hydrogens is 483 g/mol.